The Bertz CT molecular complexity index is 562. The number of alkyl halides is 3. The summed E-state index contributed by atoms with van der Waals surface area (Å²) >= 11 is 0. The van der Waals surface area contributed by atoms with Gasteiger partial charge in [-0.3, -0.25) is 4.79 Å². The number of carbonyl (C=O) groups excluding carboxylic acids is 2. The topological polar surface area (TPSA) is 78.4 Å². The molecule has 0 aliphatic carbocycles. The first-order valence-electron chi connectivity index (χ1n) is 6.10. The van der Waals surface area contributed by atoms with Crippen molar-refractivity contribution in [1.29, 1.82) is 0 Å². The quantitative estimate of drug-likeness (QED) is 0.774. The van der Waals surface area contributed by atoms with Crippen LogP contribution in [0.15, 0.2) is 30.3 Å². The van der Waals surface area contributed by atoms with Crippen molar-refractivity contribution >= 4 is 11.8 Å². The minimum absolute atomic E-state index is 0.301. The van der Waals surface area contributed by atoms with Crippen molar-refractivity contribution in [3.63, 3.8) is 0 Å². The van der Waals surface area contributed by atoms with Crippen LogP contribution in [0.25, 0.3) is 0 Å². The lowest BCUT2D eigenvalue weighted by molar-refractivity contribution is -0.290. The molecule has 1 heterocycles. The van der Waals surface area contributed by atoms with Crippen LogP contribution in [0, 0.1) is 5.92 Å². The molecular weight excluding hydrogens is 289 g/mol. The van der Waals surface area contributed by atoms with Gasteiger partial charge in [0.05, 0.1) is 12.0 Å². The van der Waals surface area contributed by atoms with E-state index < -0.39 is 35.7 Å². The zero-order valence-electron chi connectivity index (χ0n) is 10.9. The van der Waals surface area contributed by atoms with E-state index in [0.29, 0.717) is 5.56 Å². The molecule has 0 saturated carbocycles. The van der Waals surface area contributed by atoms with E-state index in [-0.39, 0.29) is 0 Å². The molecule has 0 spiro atoms. The standard InChI is InChI=1S/C13H13F3N2O3/c1-7(19)9-10(8-5-3-2-4-6-8)17-11(20)18-12(9,21)13(14,15)16/h2-6,9-10,21H,1H3,(H2,17,18,20)/t9-,10+,12+/m0/s1. The molecule has 1 fully saturated rings. The fourth-order valence-electron chi connectivity index (χ4n) is 2.46. The summed E-state index contributed by atoms with van der Waals surface area (Å²) in [5, 5.41) is 13.6. The van der Waals surface area contributed by atoms with Crippen LogP contribution in [0.4, 0.5) is 18.0 Å². The van der Waals surface area contributed by atoms with Gasteiger partial charge in [0.1, 0.15) is 5.78 Å². The maximum absolute atomic E-state index is 13.2. The van der Waals surface area contributed by atoms with E-state index in [9.17, 15) is 27.9 Å². The maximum atomic E-state index is 13.2. The predicted octanol–water partition coefficient (Wildman–Crippen LogP) is 1.50. The number of benzene rings is 1. The number of carbonyl (C=O) groups is 2. The van der Waals surface area contributed by atoms with E-state index in [1.54, 1.807) is 18.2 Å². The molecule has 1 saturated heterocycles. The average molecular weight is 302 g/mol. The maximum Gasteiger partial charge on any atom is 0.437 e. The van der Waals surface area contributed by atoms with Crippen LogP contribution in [-0.4, -0.2) is 28.8 Å². The van der Waals surface area contributed by atoms with Crippen molar-refractivity contribution in [3.8, 4) is 0 Å². The van der Waals surface area contributed by atoms with Gasteiger partial charge in [-0.2, -0.15) is 13.2 Å². The van der Waals surface area contributed by atoms with Gasteiger partial charge in [0, 0.05) is 0 Å². The molecule has 1 aliphatic rings. The number of Topliss-reactive ketones (excluding diaryl/α,β-unsaturated/α-hetero) is 1. The van der Waals surface area contributed by atoms with Crippen molar-refractivity contribution in [3.05, 3.63) is 35.9 Å². The van der Waals surface area contributed by atoms with Crippen LogP contribution in [0.5, 0.6) is 0 Å². The number of hydrogen-bond acceptors (Lipinski definition) is 3. The number of urea groups is 1. The molecule has 8 heteroatoms. The van der Waals surface area contributed by atoms with Crippen molar-refractivity contribution < 1.29 is 27.9 Å². The first-order valence-corrected chi connectivity index (χ1v) is 6.10. The van der Waals surface area contributed by atoms with Gasteiger partial charge in [-0.25, -0.2) is 4.79 Å². The molecule has 1 aliphatic heterocycles. The third-order valence-electron chi connectivity index (χ3n) is 3.40. The second-order valence-corrected chi connectivity index (χ2v) is 4.84. The van der Waals surface area contributed by atoms with Gasteiger partial charge in [-0.1, -0.05) is 30.3 Å². The number of ketones is 1. The lowest BCUT2D eigenvalue weighted by Crippen LogP contribution is -2.72. The second kappa shape index (κ2) is 5.03. The summed E-state index contributed by atoms with van der Waals surface area (Å²) in [7, 11) is 0. The smallest absolute Gasteiger partial charge is 0.363 e. The highest BCUT2D eigenvalue weighted by Crippen LogP contribution is 2.42. The molecule has 114 valence electrons. The number of nitrogens with one attached hydrogen (secondary N) is 2. The average Bonchev–Trinajstić information content (AvgIpc) is 2.37. The Balaban J connectivity index is 2.54. The highest BCUT2D eigenvalue weighted by atomic mass is 19.4. The summed E-state index contributed by atoms with van der Waals surface area (Å²) in [5.74, 6) is -2.78. The summed E-state index contributed by atoms with van der Waals surface area (Å²) in [4.78, 5) is 23.2. The van der Waals surface area contributed by atoms with Gasteiger partial charge >= 0.3 is 12.2 Å². The van der Waals surface area contributed by atoms with Crippen LogP contribution < -0.4 is 10.6 Å². The molecule has 2 rings (SSSR count). The second-order valence-electron chi connectivity index (χ2n) is 4.84. The van der Waals surface area contributed by atoms with E-state index in [1.807, 2.05) is 0 Å². The predicted molar refractivity (Wildman–Crippen MR) is 66.0 cm³/mol. The zero-order chi connectivity index (χ0) is 15.8. The Morgan fingerprint density at radius 2 is 1.86 bits per heavy atom. The Morgan fingerprint density at radius 1 is 1.29 bits per heavy atom. The molecule has 5 nitrogen and oxygen atoms in total. The minimum Gasteiger partial charge on any atom is -0.363 e. The van der Waals surface area contributed by atoms with E-state index in [0.717, 1.165) is 6.92 Å². The van der Waals surface area contributed by atoms with Crippen LogP contribution in [0.3, 0.4) is 0 Å². The van der Waals surface area contributed by atoms with E-state index in [1.165, 1.54) is 17.4 Å². The highest BCUT2D eigenvalue weighted by molar-refractivity contribution is 5.86. The Labute approximate surface area is 118 Å². The Kier molecular flexibility index (Phi) is 3.66. The molecule has 0 aromatic heterocycles. The first-order chi connectivity index (χ1) is 9.67. The van der Waals surface area contributed by atoms with Crippen molar-refractivity contribution in [2.24, 2.45) is 5.92 Å². The minimum atomic E-state index is -5.19. The summed E-state index contributed by atoms with van der Waals surface area (Å²) < 4.78 is 39.5. The number of rotatable bonds is 2. The van der Waals surface area contributed by atoms with E-state index in [4.69, 9.17) is 0 Å². The van der Waals surface area contributed by atoms with Crippen LogP contribution in [0.2, 0.25) is 0 Å². The molecule has 1 aromatic rings. The highest BCUT2D eigenvalue weighted by Gasteiger charge is 2.65. The van der Waals surface area contributed by atoms with Crippen LogP contribution in [-0.2, 0) is 4.79 Å². The third kappa shape index (κ3) is 2.58. The summed E-state index contributed by atoms with van der Waals surface area (Å²) in [6.45, 7) is 0.941. The molecule has 2 amide bonds. The first kappa shape index (κ1) is 15.3. The Hall–Kier alpha value is -2.09. The summed E-state index contributed by atoms with van der Waals surface area (Å²) in [5.41, 5.74) is -3.31. The van der Waals surface area contributed by atoms with Crippen molar-refractivity contribution in [1.82, 2.24) is 10.6 Å². The third-order valence-corrected chi connectivity index (χ3v) is 3.40. The van der Waals surface area contributed by atoms with Crippen molar-refractivity contribution in [2.45, 2.75) is 24.9 Å². The molecule has 0 unspecified atom stereocenters. The lowest BCUT2D eigenvalue weighted by Gasteiger charge is -2.44. The molecular formula is C13H13F3N2O3. The number of halogens is 3. The fourth-order valence-corrected chi connectivity index (χ4v) is 2.46. The summed E-state index contributed by atoms with van der Waals surface area (Å²) in [6.07, 6.45) is -5.19. The number of hydrogen-bond donors (Lipinski definition) is 3. The van der Waals surface area contributed by atoms with Gasteiger partial charge in [0.25, 0.3) is 0 Å². The molecule has 0 bridgehead atoms. The Morgan fingerprint density at radius 3 is 2.33 bits per heavy atom. The van der Waals surface area contributed by atoms with Crippen molar-refractivity contribution in [2.75, 3.05) is 0 Å². The largest absolute Gasteiger partial charge is 0.437 e. The molecule has 3 atom stereocenters. The van der Waals surface area contributed by atoms with Gasteiger partial charge in [-0.15, -0.1) is 0 Å². The molecule has 0 radical (unpaired) electrons. The fraction of sp³-hybridized carbons (Fsp3) is 0.385. The van der Waals surface area contributed by atoms with E-state index in [2.05, 4.69) is 5.32 Å². The van der Waals surface area contributed by atoms with Crippen LogP contribution >= 0.6 is 0 Å². The molecule has 1 aromatic carbocycles. The monoisotopic (exact) mass is 302 g/mol. The number of aliphatic hydroxyl groups is 1. The van der Waals surface area contributed by atoms with Gasteiger partial charge in [-0.05, 0) is 12.5 Å². The van der Waals surface area contributed by atoms with Gasteiger partial charge in [0.2, 0.25) is 5.72 Å². The number of amides is 2. The van der Waals surface area contributed by atoms with E-state index >= 15 is 0 Å². The molecule has 3 N–H and O–H groups in total. The van der Waals surface area contributed by atoms with Gasteiger partial charge in [0.15, 0.2) is 0 Å². The summed E-state index contributed by atoms with van der Waals surface area (Å²) in [6, 6.07) is 5.25. The molecule has 21 heavy (non-hydrogen) atoms. The zero-order valence-corrected chi connectivity index (χ0v) is 10.9. The van der Waals surface area contributed by atoms with Crippen LogP contribution in [0.1, 0.15) is 18.5 Å². The van der Waals surface area contributed by atoms with Gasteiger partial charge < -0.3 is 15.7 Å². The normalized spacial score (nSPS) is 29.5. The SMILES string of the molecule is CC(=O)[C@H]1[C@@H](c2ccccc2)NC(=O)N[C@]1(O)C(F)(F)F. The lowest BCUT2D eigenvalue weighted by atomic mass is 9.79.